The van der Waals surface area contributed by atoms with Gasteiger partial charge < -0.3 is 9.42 Å². The van der Waals surface area contributed by atoms with Crippen LogP contribution in [-0.2, 0) is 9.09 Å². The van der Waals surface area contributed by atoms with E-state index in [4.69, 9.17) is 4.52 Å². The molecule has 0 spiro atoms. The van der Waals surface area contributed by atoms with E-state index in [1.807, 2.05) is 11.6 Å². The molecule has 0 saturated carbocycles. The van der Waals surface area contributed by atoms with Gasteiger partial charge in [-0.25, -0.2) is 4.67 Å². The maximum atomic E-state index is 12.6. The van der Waals surface area contributed by atoms with Gasteiger partial charge >= 0.3 is 0 Å². The molecule has 4 nitrogen and oxygen atoms in total. The van der Waals surface area contributed by atoms with E-state index in [0.717, 1.165) is 18.7 Å². The van der Waals surface area contributed by atoms with Crippen LogP contribution in [0.2, 0.25) is 0 Å². The van der Waals surface area contributed by atoms with Crippen LogP contribution in [0.1, 0.15) is 76.5 Å². The molecule has 1 aromatic carbocycles. The van der Waals surface area contributed by atoms with Gasteiger partial charge in [0.15, 0.2) is 0 Å². The van der Waals surface area contributed by atoms with Gasteiger partial charge in [-0.05, 0) is 44.4 Å². The smallest absolute Gasteiger partial charge is 0.270 e. The molecule has 1 aliphatic rings. The average Bonchev–Trinajstić information content (AvgIpc) is 3.46. The Morgan fingerprint density at radius 1 is 1.19 bits per heavy atom. The average molecular weight is 395 g/mol. The Hall–Kier alpha value is -0.830. The summed E-state index contributed by atoms with van der Waals surface area (Å²) in [6, 6.07) is 6.99. The second-order valence-corrected chi connectivity index (χ2v) is 10.6. The second kappa shape index (κ2) is 10.1. The Kier molecular flexibility index (Phi) is 8.39. The van der Waals surface area contributed by atoms with Crippen LogP contribution in [0, 0.1) is 6.92 Å². The maximum absolute atomic E-state index is 12.6. The highest BCUT2D eigenvalue weighted by molar-refractivity contribution is 7.55. The quantitative estimate of drug-likeness (QED) is 0.233. The number of hydrogen-bond acceptors (Lipinski definition) is 3. The molecule has 0 aromatic heterocycles. The minimum atomic E-state index is -2.65. The largest absolute Gasteiger partial charge is 0.372 e. The fraction of sp³-hybridized carbons (Fsp3) is 0.727. The zero-order valence-electron chi connectivity index (χ0n) is 18.2. The number of benzene rings is 1. The lowest BCUT2D eigenvalue weighted by atomic mass is 10.0. The first-order valence-electron chi connectivity index (χ1n) is 10.6. The Morgan fingerprint density at radius 3 is 2.48 bits per heavy atom. The van der Waals surface area contributed by atoms with Crippen molar-refractivity contribution in [3.63, 3.8) is 0 Å². The molecule has 1 saturated heterocycles. The van der Waals surface area contributed by atoms with E-state index < -0.39 is 7.52 Å². The molecular formula is C22H39N2O2P. The van der Waals surface area contributed by atoms with Crippen LogP contribution < -0.4 is 4.90 Å². The Balaban J connectivity index is 1.99. The van der Waals surface area contributed by atoms with Crippen molar-refractivity contribution in [1.29, 1.82) is 0 Å². The van der Waals surface area contributed by atoms with Crippen LogP contribution in [0.15, 0.2) is 18.2 Å². The van der Waals surface area contributed by atoms with Crippen molar-refractivity contribution in [1.82, 2.24) is 4.67 Å². The van der Waals surface area contributed by atoms with Crippen LogP contribution >= 0.6 is 7.52 Å². The fourth-order valence-corrected chi connectivity index (χ4v) is 5.22. The Morgan fingerprint density at radius 2 is 1.85 bits per heavy atom. The second-order valence-electron chi connectivity index (χ2n) is 8.21. The van der Waals surface area contributed by atoms with Gasteiger partial charge in [0.25, 0.3) is 7.52 Å². The van der Waals surface area contributed by atoms with Gasteiger partial charge in [-0.3, -0.25) is 4.57 Å². The summed E-state index contributed by atoms with van der Waals surface area (Å²) in [7, 11) is -0.460. The lowest BCUT2D eigenvalue weighted by Gasteiger charge is -2.30. The van der Waals surface area contributed by atoms with Crippen LogP contribution in [0.25, 0.3) is 0 Å². The van der Waals surface area contributed by atoms with Crippen molar-refractivity contribution in [2.24, 2.45) is 0 Å². The van der Waals surface area contributed by atoms with Crippen molar-refractivity contribution in [2.45, 2.75) is 78.4 Å². The number of rotatable bonds is 12. The van der Waals surface area contributed by atoms with E-state index in [0.29, 0.717) is 6.04 Å². The third kappa shape index (κ3) is 6.62. The molecular weight excluding hydrogens is 355 g/mol. The van der Waals surface area contributed by atoms with E-state index in [1.165, 1.54) is 49.8 Å². The fourth-order valence-electron chi connectivity index (χ4n) is 3.56. The molecule has 3 atom stereocenters. The van der Waals surface area contributed by atoms with E-state index in [1.54, 1.807) is 6.66 Å². The van der Waals surface area contributed by atoms with E-state index in [2.05, 4.69) is 50.9 Å². The van der Waals surface area contributed by atoms with Crippen molar-refractivity contribution >= 4 is 13.2 Å². The normalized spacial score (nSPS) is 18.7. The molecule has 1 aliphatic heterocycles. The number of hydrogen-bond donors (Lipinski definition) is 0. The summed E-state index contributed by atoms with van der Waals surface area (Å²) in [4.78, 5) is 2.39. The SMILES string of the molecule is CCCCCCCC(C)N(C)c1cc([C@@H](C)OP(C)(=O)N2CC2)ccc1C. The first kappa shape index (κ1) is 22.5. The zero-order valence-corrected chi connectivity index (χ0v) is 19.1. The zero-order chi connectivity index (χ0) is 20.0. The van der Waals surface area contributed by atoms with Gasteiger partial charge in [0, 0.05) is 38.5 Å². The topological polar surface area (TPSA) is 32.5 Å². The number of unbranched alkanes of at least 4 members (excludes halogenated alkanes) is 4. The van der Waals surface area contributed by atoms with Gasteiger partial charge in [-0.15, -0.1) is 0 Å². The van der Waals surface area contributed by atoms with E-state index in [-0.39, 0.29) is 6.10 Å². The van der Waals surface area contributed by atoms with Gasteiger partial charge in [0.1, 0.15) is 0 Å². The summed E-state index contributed by atoms with van der Waals surface area (Å²) in [5, 5.41) is 0. The predicted molar refractivity (Wildman–Crippen MR) is 117 cm³/mol. The molecule has 1 heterocycles. The lowest BCUT2D eigenvalue weighted by Crippen LogP contribution is -2.29. The minimum absolute atomic E-state index is 0.168. The van der Waals surface area contributed by atoms with Crippen LogP contribution in [0.4, 0.5) is 5.69 Å². The van der Waals surface area contributed by atoms with Gasteiger partial charge in [-0.2, -0.15) is 0 Å². The molecule has 1 fully saturated rings. The maximum Gasteiger partial charge on any atom is 0.270 e. The molecule has 0 amide bonds. The molecule has 1 aromatic rings. The van der Waals surface area contributed by atoms with E-state index in [9.17, 15) is 4.57 Å². The molecule has 5 heteroatoms. The summed E-state index contributed by atoms with van der Waals surface area (Å²) in [5.41, 5.74) is 3.63. The number of nitrogens with zero attached hydrogens (tertiary/aromatic N) is 2. The molecule has 0 bridgehead atoms. The number of anilines is 1. The molecule has 2 rings (SSSR count). The lowest BCUT2D eigenvalue weighted by molar-refractivity contribution is 0.218. The third-order valence-corrected chi connectivity index (χ3v) is 7.90. The summed E-state index contributed by atoms with van der Waals surface area (Å²) in [6.07, 6.45) is 7.67. The van der Waals surface area contributed by atoms with Crippen molar-refractivity contribution in [3.05, 3.63) is 29.3 Å². The third-order valence-electron chi connectivity index (χ3n) is 5.76. The van der Waals surface area contributed by atoms with Gasteiger partial charge in [0.05, 0.1) is 6.10 Å². The molecule has 154 valence electrons. The monoisotopic (exact) mass is 394 g/mol. The van der Waals surface area contributed by atoms with Crippen LogP contribution in [0.3, 0.4) is 0 Å². The van der Waals surface area contributed by atoms with Crippen LogP contribution in [-0.4, -0.2) is 37.5 Å². The Labute approximate surface area is 166 Å². The van der Waals surface area contributed by atoms with Gasteiger partial charge in [-0.1, -0.05) is 51.2 Å². The molecule has 0 N–H and O–H groups in total. The first-order chi connectivity index (χ1) is 12.8. The summed E-state index contributed by atoms with van der Waals surface area (Å²) in [6.45, 7) is 12.2. The summed E-state index contributed by atoms with van der Waals surface area (Å²) < 4.78 is 20.5. The van der Waals surface area contributed by atoms with Gasteiger partial charge in [0.2, 0.25) is 0 Å². The van der Waals surface area contributed by atoms with Crippen molar-refractivity contribution < 1.29 is 9.09 Å². The highest BCUT2D eigenvalue weighted by Crippen LogP contribution is 2.54. The molecule has 0 aliphatic carbocycles. The summed E-state index contributed by atoms with van der Waals surface area (Å²) in [5.74, 6) is 0. The van der Waals surface area contributed by atoms with E-state index >= 15 is 0 Å². The Bertz CT molecular complexity index is 645. The van der Waals surface area contributed by atoms with Crippen molar-refractivity contribution in [2.75, 3.05) is 31.7 Å². The first-order valence-corrected chi connectivity index (χ1v) is 12.6. The standard InChI is InChI=1S/C22H39N2O2P/c1-7-8-9-10-11-12-19(3)23(5)22-17-21(14-13-18(22)2)20(4)26-27(6,25)24-15-16-24/h13-14,17,19-20H,7-12,15-16H2,1-6H3/t19?,20-,27?/m1/s1. The predicted octanol–water partition coefficient (Wildman–Crippen LogP) is 6.40. The highest BCUT2D eigenvalue weighted by atomic mass is 31.2. The summed E-state index contributed by atoms with van der Waals surface area (Å²) >= 11 is 0. The minimum Gasteiger partial charge on any atom is -0.372 e. The molecule has 27 heavy (non-hydrogen) atoms. The number of aryl methyl sites for hydroxylation is 1. The molecule has 0 radical (unpaired) electrons. The highest BCUT2D eigenvalue weighted by Gasteiger charge is 2.36. The molecule has 2 unspecified atom stereocenters. The van der Waals surface area contributed by atoms with Crippen molar-refractivity contribution in [3.8, 4) is 0 Å². The van der Waals surface area contributed by atoms with Crippen LogP contribution in [0.5, 0.6) is 0 Å².